The van der Waals surface area contributed by atoms with Gasteiger partial charge in [-0.25, -0.2) is 0 Å². The van der Waals surface area contributed by atoms with E-state index in [1.54, 1.807) is 0 Å². The molecular formula is C10H12N4. The predicted octanol–water partition coefficient (Wildman–Crippen LogP) is 1.21. The van der Waals surface area contributed by atoms with E-state index in [1.807, 2.05) is 6.07 Å². The summed E-state index contributed by atoms with van der Waals surface area (Å²) in [6, 6.07) is 6.93. The first-order valence-electron chi connectivity index (χ1n) is 4.94. The van der Waals surface area contributed by atoms with Crippen LogP contribution in [0.4, 0.5) is 0 Å². The third-order valence-electron chi connectivity index (χ3n) is 2.55. The first kappa shape index (κ1) is 7.94. The molecule has 0 bridgehead atoms. The summed E-state index contributed by atoms with van der Waals surface area (Å²) < 4.78 is 0. The Labute approximate surface area is 81.7 Å². The van der Waals surface area contributed by atoms with Crippen LogP contribution in [0.3, 0.4) is 0 Å². The Kier molecular flexibility index (Phi) is 1.73. The van der Waals surface area contributed by atoms with E-state index in [0.29, 0.717) is 0 Å². The summed E-state index contributed by atoms with van der Waals surface area (Å²) in [5, 5.41) is 14.2. The van der Waals surface area contributed by atoms with Crippen LogP contribution in [0.2, 0.25) is 0 Å². The number of benzene rings is 1. The predicted molar refractivity (Wildman–Crippen MR) is 53.8 cm³/mol. The number of aromatic amines is 1. The number of rotatable bonds is 3. The van der Waals surface area contributed by atoms with Gasteiger partial charge in [-0.2, -0.15) is 15.4 Å². The number of aromatic nitrogens is 3. The maximum atomic E-state index is 4.06. The lowest BCUT2D eigenvalue weighted by Gasteiger charge is -2.01. The zero-order chi connectivity index (χ0) is 9.38. The van der Waals surface area contributed by atoms with Gasteiger partial charge in [-0.05, 0) is 30.5 Å². The molecule has 1 fully saturated rings. The van der Waals surface area contributed by atoms with Crippen molar-refractivity contribution >= 4 is 11.0 Å². The summed E-state index contributed by atoms with van der Waals surface area (Å²) in [7, 11) is 0. The van der Waals surface area contributed by atoms with Gasteiger partial charge in [0, 0.05) is 12.6 Å². The number of fused-ring (bicyclic) bond motifs is 1. The molecule has 1 aromatic heterocycles. The van der Waals surface area contributed by atoms with Crippen LogP contribution in [-0.2, 0) is 6.54 Å². The van der Waals surface area contributed by atoms with E-state index in [9.17, 15) is 0 Å². The van der Waals surface area contributed by atoms with Crippen molar-refractivity contribution in [1.82, 2.24) is 20.7 Å². The van der Waals surface area contributed by atoms with Gasteiger partial charge < -0.3 is 5.32 Å². The monoisotopic (exact) mass is 188 g/mol. The molecule has 4 nitrogen and oxygen atoms in total. The maximum Gasteiger partial charge on any atom is 0.113 e. The van der Waals surface area contributed by atoms with Crippen molar-refractivity contribution in [2.75, 3.05) is 0 Å². The zero-order valence-electron chi connectivity index (χ0n) is 7.83. The lowest BCUT2D eigenvalue weighted by atomic mass is 10.2. The van der Waals surface area contributed by atoms with Crippen molar-refractivity contribution in [3.05, 3.63) is 23.8 Å². The molecule has 1 aromatic carbocycles. The summed E-state index contributed by atoms with van der Waals surface area (Å²) in [4.78, 5) is 0. The molecule has 4 heteroatoms. The highest BCUT2D eigenvalue weighted by molar-refractivity contribution is 5.74. The largest absolute Gasteiger partial charge is 0.310 e. The normalized spacial score (nSPS) is 16.3. The van der Waals surface area contributed by atoms with Crippen molar-refractivity contribution in [3.8, 4) is 0 Å². The molecule has 1 saturated carbocycles. The van der Waals surface area contributed by atoms with E-state index in [4.69, 9.17) is 0 Å². The quantitative estimate of drug-likeness (QED) is 0.761. The van der Waals surface area contributed by atoms with Gasteiger partial charge in [0.1, 0.15) is 11.0 Å². The molecule has 0 amide bonds. The third-order valence-corrected chi connectivity index (χ3v) is 2.55. The number of nitrogens with zero attached hydrogens (tertiary/aromatic N) is 2. The van der Waals surface area contributed by atoms with Crippen LogP contribution in [-0.4, -0.2) is 21.5 Å². The lowest BCUT2D eigenvalue weighted by molar-refractivity contribution is 0.688. The molecular weight excluding hydrogens is 176 g/mol. The Bertz CT molecular complexity index is 444. The second kappa shape index (κ2) is 3.06. The van der Waals surface area contributed by atoms with Crippen LogP contribution < -0.4 is 5.32 Å². The Balaban J connectivity index is 1.81. The van der Waals surface area contributed by atoms with Crippen LogP contribution >= 0.6 is 0 Å². The van der Waals surface area contributed by atoms with Crippen molar-refractivity contribution < 1.29 is 0 Å². The number of H-pyrrole nitrogens is 1. The molecule has 0 saturated heterocycles. The highest BCUT2D eigenvalue weighted by Gasteiger charge is 2.19. The molecule has 1 heterocycles. The van der Waals surface area contributed by atoms with Crippen molar-refractivity contribution in [2.24, 2.45) is 0 Å². The minimum atomic E-state index is 0.753. The Morgan fingerprint density at radius 3 is 3.00 bits per heavy atom. The first-order chi connectivity index (χ1) is 6.92. The van der Waals surface area contributed by atoms with Gasteiger partial charge >= 0.3 is 0 Å². The maximum absolute atomic E-state index is 4.06. The SMILES string of the molecule is c1cc2n[nH]nc2cc1CNC1CC1. The highest BCUT2D eigenvalue weighted by Crippen LogP contribution is 2.19. The third kappa shape index (κ3) is 1.48. The van der Waals surface area contributed by atoms with Crippen LogP contribution in [0.15, 0.2) is 18.2 Å². The van der Waals surface area contributed by atoms with E-state index >= 15 is 0 Å². The molecule has 0 aliphatic heterocycles. The second-order valence-electron chi connectivity index (χ2n) is 3.80. The van der Waals surface area contributed by atoms with E-state index in [-0.39, 0.29) is 0 Å². The molecule has 2 N–H and O–H groups in total. The van der Waals surface area contributed by atoms with Gasteiger partial charge in [0.05, 0.1) is 0 Å². The minimum absolute atomic E-state index is 0.753. The fourth-order valence-electron chi connectivity index (χ4n) is 1.55. The van der Waals surface area contributed by atoms with E-state index < -0.39 is 0 Å². The summed E-state index contributed by atoms with van der Waals surface area (Å²) in [6.07, 6.45) is 2.65. The molecule has 0 radical (unpaired) electrons. The highest BCUT2D eigenvalue weighted by atomic mass is 15.3. The number of nitrogens with one attached hydrogen (secondary N) is 2. The van der Waals surface area contributed by atoms with Gasteiger partial charge in [0.15, 0.2) is 0 Å². The van der Waals surface area contributed by atoms with E-state index in [1.165, 1.54) is 18.4 Å². The number of hydrogen-bond acceptors (Lipinski definition) is 3. The zero-order valence-corrected chi connectivity index (χ0v) is 7.83. The summed E-state index contributed by atoms with van der Waals surface area (Å²) in [6.45, 7) is 0.938. The summed E-state index contributed by atoms with van der Waals surface area (Å²) in [5.74, 6) is 0. The average molecular weight is 188 g/mol. The van der Waals surface area contributed by atoms with Gasteiger partial charge in [0.25, 0.3) is 0 Å². The summed E-state index contributed by atoms with van der Waals surface area (Å²) >= 11 is 0. The Morgan fingerprint density at radius 2 is 2.14 bits per heavy atom. The van der Waals surface area contributed by atoms with E-state index in [0.717, 1.165) is 23.6 Å². The lowest BCUT2D eigenvalue weighted by Crippen LogP contribution is -2.15. The van der Waals surface area contributed by atoms with Gasteiger partial charge in [0.2, 0.25) is 0 Å². The molecule has 0 spiro atoms. The van der Waals surface area contributed by atoms with Crippen LogP contribution in [0, 0.1) is 0 Å². The van der Waals surface area contributed by atoms with E-state index in [2.05, 4.69) is 32.9 Å². The van der Waals surface area contributed by atoms with Crippen molar-refractivity contribution in [1.29, 1.82) is 0 Å². The van der Waals surface area contributed by atoms with Gasteiger partial charge in [-0.1, -0.05) is 6.07 Å². The van der Waals surface area contributed by atoms with Crippen LogP contribution in [0.25, 0.3) is 11.0 Å². The minimum Gasteiger partial charge on any atom is -0.310 e. The van der Waals surface area contributed by atoms with Crippen LogP contribution in [0.1, 0.15) is 18.4 Å². The van der Waals surface area contributed by atoms with Crippen molar-refractivity contribution in [2.45, 2.75) is 25.4 Å². The molecule has 0 atom stereocenters. The van der Waals surface area contributed by atoms with Gasteiger partial charge in [-0.15, -0.1) is 0 Å². The number of hydrogen-bond donors (Lipinski definition) is 2. The first-order valence-corrected chi connectivity index (χ1v) is 4.94. The Hall–Kier alpha value is -1.42. The molecule has 3 rings (SSSR count). The Morgan fingerprint density at radius 1 is 1.29 bits per heavy atom. The molecule has 0 unspecified atom stereocenters. The molecule has 1 aliphatic rings. The standard InChI is InChI=1S/C10H12N4/c1-4-9-10(13-14-12-9)5-7(1)6-11-8-2-3-8/h1,4-5,8,11H,2-3,6H2,(H,12,13,14). The van der Waals surface area contributed by atoms with Crippen LogP contribution in [0.5, 0.6) is 0 Å². The fraction of sp³-hybridized carbons (Fsp3) is 0.400. The molecule has 2 aromatic rings. The van der Waals surface area contributed by atoms with Crippen molar-refractivity contribution in [3.63, 3.8) is 0 Å². The topological polar surface area (TPSA) is 53.6 Å². The second-order valence-corrected chi connectivity index (χ2v) is 3.80. The molecule has 72 valence electrons. The average Bonchev–Trinajstić information content (AvgIpc) is 2.92. The summed E-state index contributed by atoms with van der Waals surface area (Å²) in [5.41, 5.74) is 3.15. The molecule has 14 heavy (non-hydrogen) atoms. The smallest absolute Gasteiger partial charge is 0.113 e. The fourth-order valence-corrected chi connectivity index (χ4v) is 1.55. The van der Waals surface area contributed by atoms with Gasteiger partial charge in [-0.3, -0.25) is 0 Å². The molecule has 1 aliphatic carbocycles.